The number of rotatable bonds is 3. The summed E-state index contributed by atoms with van der Waals surface area (Å²) in [7, 11) is 0. The van der Waals surface area contributed by atoms with Crippen LogP contribution in [0.5, 0.6) is 0 Å². The molecule has 1 aromatic heterocycles. The van der Waals surface area contributed by atoms with Gasteiger partial charge >= 0.3 is 0 Å². The molecule has 1 aliphatic carbocycles. The summed E-state index contributed by atoms with van der Waals surface area (Å²) in [5.41, 5.74) is 6.61. The molecule has 2 heterocycles. The van der Waals surface area contributed by atoms with Gasteiger partial charge in [-0.25, -0.2) is 0 Å². The van der Waals surface area contributed by atoms with Crippen LogP contribution < -0.4 is 4.90 Å². The van der Waals surface area contributed by atoms with Crippen molar-refractivity contribution in [3.05, 3.63) is 65.4 Å². The second kappa shape index (κ2) is 6.56. The smallest absolute Gasteiger partial charge is 0.0904 e. The van der Waals surface area contributed by atoms with E-state index in [-0.39, 0.29) is 6.04 Å². The minimum absolute atomic E-state index is 0.264. The highest BCUT2D eigenvalue weighted by atomic mass is 15.2. The van der Waals surface area contributed by atoms with Gasteiger partial charge in [0.2, 0.25) is 0 Å². The Morgan fingerprint density at radius 3 is 2.59 bits per heavy atom. The van der Waals surface area contributed by atoms with E-state index in [0.717, 1.165) is 0 Å². The van der Waals surface area contributed by atoms with Gasteiger partial charge in [-0.1, -0.05) is 56.2 Å². The van der Waals surface area contributed by atoms with E-state index in [9.17, 15) is 0 Å². The molecule has 27 heavy (non-hydrogen) atoms. The van der Waals surface area contributed by atoms with E-state index in [1.54, 1.807) is 0 Å². The fourth-order valence-electron chi connectivity index (χ4n) is 5.01. The monoisotopic (exact) mass is 357 g/mol. The van der Waals surface area contributed by atoms with Gasteiger partial charge in [-0.2, -0.15) is 0 Å². The van der Waals surface area contributed by atoms with E-state index < -0.39 is 0 Å². The van der Waals surface area contributed by atoms with Crippen molar-refractivity contribution in [3.8, 4) is 0 Å². The largest absolute Gasteiger partial charge is 0.356 e. The highest BCUT2D eigenvalue weighted by molar-refractivity contribution is 5.88. The van der Waals surface area contributed by atoms with Crippen LogP contribution in [0.3, 0.4) is 0 Å². The first-order valence-electron chi connectivity index (χ1n) is 10.2. The summed E-state index contributed by atoms with van der Waals surface area (Å²) in [6.45, 7) is 4.59. The number of aromatic amines is 1. The van der Waals surface area contributed by atoms with Gasteiger partial charge in [-0.15, -0.1) is 0 Å². The van der Waals surface area contributed by atoms with Crippen LogP contribution in [0.15, 0.2) is 53.5 Å². The number of H-pyrrole nitrogens is 1. The number of anilines is 1. The Bertz CT molecular complexity index is 994. The lowest BCUT2D eigenvalue weighted by atomic mass is 9.93. The molecule has 2 aliphatic rings. The molecule has 0 amide bonds. The fraction of sp³-hybridized carbons (Fsp3) is 0.375. The number of benzene rings is 2. The van der Waals surface area contributed by atoms with E-state index >= 15 is 0 Å². The molecule has 138 valence electrons. The van der Waals surface area contributed by atoms with Crippen LogP contribution in [0, 0.1) is 6.92 Å². The Hall–Kier alpha value is -2.55. The quantitative estimate of drug-likeness (QED) is 0.445. The molecule has 0 radical (unpaired) electrons. The third-order valence-electron chi connectivity index (χ3n) is 6.51. The minimum Gasteiger partial charge on any atom is -0.356 e. The summed E-state index contributed by atoms with van der Waals surface area (Å²) in [5.74, 6) is 0.419. The highest BCUT2D eigenvalue weighted by Crippen LogP contribution is 2.49. The second-order valence-electron chi connectivity index (χ2n) is 8.11. The molecular weight excluding hydrogens is 330 g/mol. The number of nitrogens with one attached hydrogen (secondary N) is 1. The average Bonchev–Trinajstić information content (AvgIpc) is 3.39. The molecule has 3 aromatic rings. The van der Waals surface area contributed by atoms with Crippen LogP contribution in [0.4, 0.5) is 5.69 Å². The minimum atomic E-state index is 0.264. The number of fused-ring (bicyclic) bond motifs is 2. The zero-order valence-electron chi connectivity index (χ0n) is 16.2. The third-order valence-corrected chi connectivity index (χ3v) is 6.51. The molecule has 5 rings (SSSR count). The van der Waals surface area contributed by atoms with Crippen molar-refractivity contribution in [1.82, 2.24) is 4.98 Å². The summed E-state index contributed by atoms with van der Waals surface area (Å²) < 4.78 is 0. The van der Waals surface area contributed by atoms with E-state index in [0.29, 0.717) is 12.0 Å². The first kappa shape index (κ1) is 16.6. The number of aryl methyl sites for hydroxylation is 1. The van der Waals surface area contributed by atoms with E-state index in [1.807, 2.05) is 0 Å². The van der Waals surface area contributed by atoms with Crippen LogP contribution in [0.1, 0.15) is 61.4 Å². The van der Waals surface area contributed by atoms with Gasteiger partial charge in [0.15, 0.2) is 0 Å². The van der Waals surface area contributed by atoms with Gasteiger partial charge < -0.3 is 9.88 Å². The first-order chi connectivity index (χ1) is 13.2. The Labute approximate surface area is 161 Å². The maximum Gasteiger partial charge on any atom is 0.0904 e. The van der Waals surface area contributed by atoms with Crippen molar-refractivity contribution in [2.24, 2.45) is 4.99 Å². The Morgan fingerprint density at radius 2 is 1.78 bits per heavy atom. The zero-order valence-corrected chi connectivity index (χ0v) is 16.2. The molecule has 2 unspecified atom stereocenters. The highest BCUT2D eigenvalue weighted by Gasteiger charge is 2.38. The molecule has 3 heteroatoms. The zero-order chi connectivity index (χ0) is 18.4. The predicted molar refractivity (Wildman–Crippen MR) is 114 cm³/mol. The summed E-state index contributed by atoms with van der Waals surface area (Å²) in [6.07, 6.45) is 7.24. The summed E-state index contributed by atoms with van der Waals surface area (Å²) in [5, 5.41) is 1.32. The number of hydrogen-bond acceptors (Lipinski definition) is 1. The molecule has 1 aliphatic heterocycles. The molecule has 1 N–H and O–H groups in total. The van der Waals surface area contributed by atoms with Gasteiger partial charge in [-0.05, 0) is 43.0 Å². The maximum atomic E-state index is 4.98. The second-order valence-corrected chi connectivity index (χ2v) is 8.11. The average molecular weight is 358 g/mol. The molecule has 3 nitrogen and oxygen atoms in total. The summed E-state index contributed by atoms with van der Waals surface area (Å²) >= 11 is 0. The third kappa shape index (κ3) is 2.68. The molecule has 0 bridgehead atoms. The van der Waals surface area contributed by atoms with Crippen molar-refractivity contribution >= 4 is 22.9 Å². The Balaban J connectivity index is 1.61. The fourth-order valence-corrected chi connectivity index (χ4v) is 5.01. The molecule has 1 fully saturated rings. The van der Waals surface area contributed by atoms with Crippen molar-refractivity contribution in [2.45, 2.75) is 57.5 Å². The van der Waals surface area contributed by atoms with Crippen LogP contribution >= 0.6 is 0 Å². The van der Waals surface area contributed by atoms with Gasteiger partial charge in [0, 0.05) is 28.2 Å². The SMILES string of the molecule is Cc1c(C2C(C)c3ccccc3N2/C=N/C2CCCC2)[nH]c2ccccc12. The van der Waals surface area contributed by atoms with Gasteiger partial charge in [0.05, 0.1) is 18.4 Å². The number of hydrogen-bond donors (Lipinski definition) is 1. The topological polar surface area (TPSA) is 31.4 Å². The van der Waals surface area contributed by atoms with Crippen molar-refractivity contribution < 1.29 is 0 Å². The standard InChI is InChI=1S/C24H27N3/c1-16-19-11-5-7-13-21(19)26-23(16)24-17(2)20-12-6-8-14-22(20)27(24)15-25-18-9-3-4-10-18/h5-8,11-15,17-18,24,26H,3-4,9-10H2,1-2H3/b25-15+. The van der Waals surface area contributed by atoms with Crippen LogP contribution in [0.2, 0.25) is 0 Å². The van der Waals surface area contributed by atoms with Gasteiger partial charge in [-0.3, -0.25) is 4.99 Å². The lowest BCUT2D eigenvalue weighted by Gasteiger charge is -2.26. The van der Waals surface area contributed by atoms with Crippen LogP contribution in [-0.2, 0) is 0 Å². The Kier molecular flexibility index (Phi) is 4.04. The van der Waals surface area contributed by atoms with E-state index in [1.165, 1.54) is 59.1 Å². The molecule has 2 aromatic carbocycles. The molecule has 0 saturated heterocycles. The van der Waals surface area contributed by atoms with Gasteiger partial charge in [0.25, 0.3) is 0 Å². The van der Waals surface area contributed by atoms with Crippen molar-refractivity contribution in [1.29, 1.82) is 0 Å². The lowest BCUT2D eigenvalue weighted by Crippen LogP contribution is -2.26. The maximum absolute atomic E-state index is 4.98. The van der Waals surface area contributed by atoms with Crippen molar-refractivity contribution in [3.63, 3.8) is 0 Å². The molecule has 2 atom stereocenters. The summed E-state index contributed by atoms with van der Waals surface area (Å²) in [6, 6.07) is 18.2. The van der Waals surface area contributed by atoms with Crippen LogP contribution in [-0.4, -0.2) is 17.4 Å². The van der Waals surface area contributed by atoms with Crippen molar-refractivity contribution in [2.75, 3.05) is 4.90 Å². The van der Waals surface area contributed by atoms with E-state index in [4.69, 9.17) is 4.99 Å². The predicted octanol–water partition coefficient (Wildman–Crippen LogP) is 6.11. The van der Waals surface area contributed by atoms with Crippen LogP contribution in [0.25, 0.3) is 10.9 Å². The molecule has 0 spiro atoms. The van der Waals surface area contributed by atoms with E-state index in [2.05, 4.69) is 78.6 Å². The normalized spacial score (nSPS) is 23.0. The summed E-state index contributed by atoms with van der Waals surface area (Å²) in [4.78, 5) is 11.1. The number of nitrogens with zero attached hydrogens (tertiary/aromatic N) is 2. The lowest BCUT2D eigenvalue weighted by molar-refractivity contribution is 0.619. The Morgan fingerprint density at radius 1 is 1.04 bits per heavy atom. The number of aromatic nitrogens is 1. The number of aliphatic imine (C=N–C) groups is 1. The number of para-hydroxylation sites is 2. The molecule has 1 saturated carbocycles. The molecular formula is C24H27N3. The first-order valence-corrected chi connectivity index (χ1v) is 10.2. The van der Waals surface area contributed by atoms with Gasteiger partial charge in [0.1, 0.15) is 0 Å².